The number of aromatic nitrogens is 2. The van der Waals surface area contributed by atoms with Gasteiger partial charge in [0.15, 0.2) is 11.0 Å². The molecule has 3 saturated heterocycles. The molecule has 158 valence electrons. The van der Waals surface area contributed by atoms with Crippen molar-refractivity contribution in [2.24, 2.45) is 17.8 Å². The van der Waals surface area contributed by atoms with E-state index in [1.165, 1.54) is 12.8 Å². The lowest BCUT2D eigenvalue weighted by molar-refractivity contribution is -0.133. The number of nitrogens with zero attached hydrogens (tertiary/aromatic N) is 4. The average Bonchev–Trinajstić information content (AvgIpc) is 2.75. The van der Waals surface area contributed by atoms with Gasteiger partial charge in [0.2, 0.25) is 5.91 Å². The zero-order chi connectivity index (χ0) is 19.8. The Morgan fingerprint density at radius 2 is 1.97 bits per heavy atom. The summed E-state index contributed by atoms with van der Waals surface area (Å²) in [6.07, 6.45) is 5.83. The molecule has 1 aromatic rings. The lowest BCUT2D eigenvalue weighted by Gasteiger charge is -2.50. The van der Waals surface area contributed by atoms with Crippen molar-refractivity contribution in [2.45, 2.75) is 44.2 Å². The van der Waals surface area contributed by atoms with Crippen LogP contribution in [0.1, 0.15) is 32.1 Å². The zero-order valence-electron chi connectivity index (χ0n) is 16.9. The summed E-state index contributed by atoms with van der Waals surface area (Å²) < 4.78 is 0. The van der Waals surface area contributed by atoms with Crippen molar-refractivity contribution in [3.63, 3.8) is 0 Å². The van der Waals surface area contributed by atoms with E-state index in [9.17, 15) is 4.79 Å². The van der Waals surface area contributed by atoms with Gasteiger partial charge in [-0.3, -0.25) is 9.69 Å². The second-order valence-electron chi connectivity index (χ2n) is 9.19. The van der Waals surface area contributed by atoms with Crippen LogP contribution in [0.25, 0.3) is 0 Å². The largest absolute Gasteiger partial charge is 0.353 e. The molecule has 7 nitrogen and oxygen atoms in total. The summed E-state index contributed by atoms with van der Waals surface area (Å²) in [5.41, 5.74) is 0. The summed E-state index contributed by atoms with van der Waals surface area (Å²) in [7, 11) is 0. The molecule has 4 aliphatic rings. The van der Waals surface area contributed by atoms with Gasteiger partial charge in [0.1, 0.15) is 0 Å². The third kappa shape index (κ3) is 4.09. The Hall–Kier alpha value is -1.44. The molecule has 0 spiro atoms. The highest BCUT2D eigenvalue weighted by molar-refractivity contribution is 6.29. The van der Waals surface area contributed by atoms with Crippen molar-refractivity contribution < 1.29 is 4.79 Å². The summed E-state index contributed by atoms with van der Waals surface area (Å²) in [6.45, 7) is 6.25. The third-order valence-electron chi connectivity index (χ3n) is 7.47. The van der Waals surface area contributed by atoms with Crippen molar-refractivity contribution in [3.05, 3.63) is 17.3 Å². The fraction of sp³-hybridized carbons (Fsp3) is 0.762. The minimum absolute atomic E-state index is 0.200. The van der Waals surface area contributed by atoms with E-state index >= 15 is 0 Å². The van der Waals surface area contributed by atoms with E-state index in [0.29, 0.717) is 35.0 Å². The Labute approximate surface area is 177 Å². The van der Waals surface area contributed by atoms with Crippen LogP contribution in [0.2, 0.25) is 5.15 Å². The number of nitrogens with one attached hydrogen (secondary N) is 2. The third-order valence-corrected chi connectivity index (χ3v) is 7.68. The quantitative estimate of drug-likeness (QED) is 0.775. The fourth-order valence-corrected chi connectivity index (χ4v) is 6.09. The Bertz CT molecular complexity index is 722. The maximum Gasteiger partial charge on any atom is 0.224 e. The number of piperazine rings is 1. The number of carbonyl (C=O) groups excluding carboxylic acids is 1. The molecule has 1 amide bonds. The smallest absolute Gasteiger partial charge is 0.224 e. The van der Waals surface area contributed by atoms with E-state index in [-0.39, 0.29) is 5.92 Å². The van der Waals surface area contributed by atoms with E-state index in [1.54, 1.807) is 6.07 Å². The molecule has 3 aliphatic heterocycles. The highest BCUT2D eigenvalue weighted by Crippen LogP contribution is 2.39. The first-order chi connectivity index (χ1) is 14.2. The second-order valence-corrected chi connectivity index (χ2v) is 9.58. The van der Waals surface area contributed by atoms with Gasteiger partial charge in [-0.15, -0.1) is 10.2 Å². The van der Waals surface area contributed by atoms with E-state index < -0.39 is 0 Å². The lowest BCUT2D eigenvalue weighted by Crippen LogP contribution is -2.64. The van der Waals surface area contributed by atoms with Crippen molar-refractivity contribution >= 4 is 23.3 Å². The van der Waals surface area contributed by atoms with Crippen molar-refractivity contribution in [1.82, 2.24) is 25.7 Å². The van der Waals surface area contributed by atoms with Gasteiger partial charge in [0, 0.05) is 44.8 Å². The Morgan fingerprint density at radius 1 is 1.10 bits per heavy atom. The molecule has 0 aromatic carbocycles. The van der Waals surface area contributed by atoms with Crippen molar-refractivity contribution in [1.29, 1.82) is 0 Å². The van der Waals surface area contributed by atoms with Gasteiger partial charge in [0.25, 0.3) is 0 Å². The van der Waals surface area contributed by atoms with Gasteiger partial charge < -0.3 is 15.5 Å². The summed E-state index contributed by atoms with van der Waals surface area (Å²) in [5.74, 6) is 2.70. The number of amides is 1. The summed E-state index contributed by atoms with van der Waals surface area (Å²) in [5, 5.41) is 15.7. The van der Waals surface area contributed by atoms with E-state index in [1.807, 2.05) is 6.07 Å². The molecule has 1 aromatic heterocycles. The lowest BCUT2D eigenvalue weighted by atomic mass is 9.67. The van der Waals surface area contributed by atoms with Crippen LogP contribution in [0, 0.1) is 17.8 Å². The summed E-state index contributed by atoms with van der Waals surface area (Å²) in [6, 6.07) is 4.52. The Kier molecular flexibility index (Phi) is 5.63. The molecule has 5 unspecified atom stereocenters. The molecular weight excluding hydrogens is 388 g/mol. The predicted molar refractivity (Wildman–Crippen MR) is 113 cm³/mol. The van der Waals surface area contributed by atoms with Gasteiger partial charge in [-0.2, -0.15) is 0 Å². The molecule has 8 heteroatoms. The molecule has 4 heterocycles. The van der Waals surface area contributed by atoms with Gasteiger partial charge >= 0.3 is 0 Å². The SMILES string of the molecule is O=C1NC2CC(CN3CCN(c4ccc(Cl)nn4)CC3)CCC2C2NCCCC12. The van der Waals surface area contributed by atoms with Crippen LogP contribution in [0.3, 0.4) is 0 Å². The van der Waals surface area contributed by atoms with Gasteiger partial charge in [0.05, 0.1) is 5.92 Å². The van der Waals surface area contributed by atoms with Crippen molar-refractivity contribution in [3.8, 4) is 0 Å². The number of anilines is 1. The maximum atomic E-state index is 12.6. The first-order valence-electron chi connectivity index (χ1n) is 11.2. The first-order valence-corrected chi connectivity index (χ1v) is 11.6. The van der Waals surface area contributed by atoms with Crippen LogP contribution in [-0.2, 0) is 4.79 Å². The number of carbonyl (C=O) groups is 1. The molecule has 0 bridgehead atoms. The molecule has 5 rings (SSSR count). The molecule has 29 heavy (non-hydrogen) atoms. The van der Waals surface area contributed by atoms with E-state index in [2.05, 4.69) is 30.6 Å². The highest BCUT2D eigenvalue weighted by atomic mass is 35.5. The van der Waals surface area contributed by atoms with E-state index in [4.69, 9.17) is 11.6 Å². The summed E-state index contributed by atoms with van der Waals surface area (Å²) >= 11 is 5.85. The topological polar surface area (TPSA) is 73.4 Å². The normalized spacial score (nSPS) is 35.6. The van der Waals surface area contributed by atoms with E-state index in [0.717, 1.165) is 64.3 Å². The maximum absolute atomic E-state index is 12.6. The number of halogens is 1. The number of rotatable bonds is 3. The molecular formula is C21H31ClN6O. The highest BCUT2D eigenvalue weighted by Gasteiger charge is 2.47. The summed E-state index contributed by atoms with van der Waals surface area (Å²) in [4.78, 5) is 17.5. The minimum Gasteiger partial charge on any atom is -0.353 e. The number of hydrogen-bond donors (Lipinski definition) is 2. The molecule has 0 radical (unpaired) electrons. The molecule has 1 aliphatic carbocycles. The molecule has 4 fully saturated rings. The Morgan fingerprint density at radius 3 is 2.76 bits per heavy atom. The predicted octanol–water partition coefficient (Wildman–Crippen LogP) is 1.53. The number of hydrogen-bond acceptors (Lipinski definition) is 6. The number of fused-ring (bicyclic) bond motifs is 3. The van der Waals surface area contributed by atoms with Crippen LogP contribution < -0.4 is 15.5 Å². The van der Waals surface area contributed by atoms with Gasteiger partial charge in [-0.25, -0.2) is 0 Å². The monoisotopic (exact) mass is 418 g/mol. The average molecular weight is 419 g/mol. The van der Waals surface area contributed by atoms with Crippen LogP contribution in [0.5, 0.6) is 0 Å². The second kappa shape index (κ2) is 8.36. The van der Waals surface area contributed by atoms with Crippen LogP contribution in [-0.4, -0.2) is 72.4 Å². The number of piperidine rings is 2. The Balaban J connectivity index is 1.13. The molecule has 5 atom stereocenters. The standard InChI is InChI=1S/C21H31ClN6O/c22-18-5-6-19(26-25-18)28-10-8-27(9-11-28)13-14-3-4-15-17(12-14)24-21(29)16-2-1-7-23-20(15)16/h5-6,14-17,20,23H,1-4,7-13H2,(H,24,29). The van der Waals surface area contributed by atoms with Crippen LogP contribution >= 0.6 is 11.6 Å². The molecule has 2 N–H and O–H groups in total. The zero-order valence-corrected chi connectivity index (χ0v) is 17.7. The first kappa shape index (κ1) is 19.5. The van der Waals surface area contributed by atoms with Crippen LogP contribution in [0.4, 0.5) is 5.82 Å². The molecule has 1 saturated carbocycles. The minimum atomic E-state index is 0.200. The fourth-order valence-electron chi connectivity index (χ4n) is 5.99. The van der Waals surface area contributed by atoms with Crippen LogP contribution in [0.15, 0.2) is 12.1 Å². The van der Waals surface area contributed by atoms with Gasteiger partial charge in [-0.05, 0) is 62.6 Å². The van der Waals surface area contributed by atoms with Gasteiger partial charge in [-0.1, -0.05) is 11.6 Å². The van der Waals surface area contributed by atoms with Crippen molar-refractivity contribution in [2.75, 3.05) is 44.2 Å².